The molecule has 2 heterocycles. The Morgan fingerprint density at radius 1 is 1.40 bits per heavy atom. The van der Waals surface area contributed by atoms with Crippen LogP contribution in [-0.4, -0.2) is 67.6 Å². The molecule has 0 aliphatic carbocycles. The second-order valence-electron chi connectivity index (χ2n) is 6.74. The molecule has 2 fully saturated rings. The van der Waals surface area contributed by atoms with Gasteiger partial charge in [0, 0.05) is 19.1 Å². The number of amides is 1. The van der Waals surface area contributed by atoms with Crippen LogP contribution in [0, 0.1) is 5.92 Å². The average Bonchev–Trinajstić information content (AvgIpc) is 2.44. The number of fused-ring (bicyclic) bond motifs is 1. The first-order chi connectivity index (χ1) is 9.46. The highest BCUT2D eigenvalue weighted by molar-refractivity contribution is 5.84. The molecule has 0 spiro atoms. The summed E-state index contributed by atoms with van der Waals surface area (Å²) in [7, 11) is 4.07. The quantitative estimate of drug-likeness (QED) is 0.759. The van der Waals surface area contributed by atoms with Gasteiger partial charge in [-0.1, -0.05) is 0 Å². The third-order valence-corrected chi connectivity index (χ3v) is 5.45. The molecule has 0 radical (unpaired) electrons. The van der Waals surface area contributed by atoms with Crippen molar-refractivity contribution in [1.29, 1.82) is 0 Å². The number of likely N-dealkylation sites (tertiary alicyclic amines) is 2. The molecule has 116 valence electrons. The summed E-state index contributed by atoms with van der Waals surface area (Å²) >= 11 is 0. The molecule has 1 amide bonds. The molecule has 2 aliphatic heterocycles. The van der Waals surface area contributed by atoms with E-state index < -0.39 is 5.54 Å². The maximum Gasteiger partial charge on any atom is 0.237 e. The number of carbonyl (C=O) groups excluding carboxylic acids is 1. The molecule has 0 bridgehead atoms. The van der Waals surface area contributed by atoms with Gasteiger partial charge in [0.2, 0.25) is 5.91 Å². The summed E-state index contributed by atoms with van der Waals surface area (Å²) < 4.78 is 0. The van der Waals surface area contributed by atoms with E-state index in [0.29, 0.717) is 0 Å². The highest BCUT2D eigenvalue weighted by atomic mass is 16.1. The topological polar surface area (TPSA) is 61.6 Å². The summed E-state index contributed by atoms with van der Waals surface area (Å²) in [6.07, 6.45) is 4.71. The number of rotatable bonds is 5. The number of hydrogen-bond donors (Lipinski definition) is 2. The summed E-state index contributed by atoms with van der Waals surface area (Å²) in [5.74, 6) is 0.546. The van der Waals surface area contributed by atoms with Crippen LogP contribution >= 0.6 is 0 Å². The second-order valence-corrected chi connectivity index (χ2v) is 6.74. The molecule has 5 nitrogen and oxygen atoms in total. The van der Waals surface area contributed by atoms with Crippen LogP contribution < -0.4 is 11.1 Å². The summed E-state index contributed by atoms with van der Waals surface area (Å²) in [5.41, 5.74) is 4.91. The number of likely N-dealkylation sites (N-methyl/N-ethyl adjacent to an activating group) is 1. The number of nitrogens with zero attached hydrogens (tertiary/aromatic N) is 2. The van der Waals surface area contributed by atoms with Gasteiger partial charge in [0.05, 0.1) is 5.54 Å². The van der Waals surface area contributed by atoms with E-state index in [9.17, 15) is 4.79 Å². The van der Waals surface area contributed by atoms with Crippen LogP contribution in [0.3, 0.4) is 0 Å². The van der Waals surface area contributed by atoms with Gasteiger partial charge in [-0.3, -0.25) is 4.79 Å². The summed E-state index contributed by atoms with van der Waals surface area (Å²) in [4.78, 5) is 16.6. The van der Waals surface area contributed by atoms with Gasteiger partial charge in [0.25, 0.3) is 0 Å². The predicted molar refractivity (Wildman–Crippen MR) is 81.5 cm³/mol. The van der Waals surface area contributed by atoms with Gasteiger partial charge in [0.15, 0.2) is 0 Å². The molecule has 20 heavy (non-hydrogen) atoms. The van der Waals surface area contributed by atoms with Gasteiger partial charge >= 0.3 is 0 Å². The Labute approximate surface area is 122 Å². The van der Waals surface area contributed by atoms with Crippen molar-refractivity contribution >= 4 is 5.91 Å². The van der Waals surface area contributed by atoms with Crippen LogP contribution in [0.1, 0.15) is 32.6 Å². The van der Waals surface area contributed by atoms with Crippen LogP contribution in [0.4, 0.5) is 0 Å². The molecule has 0 saturated carbocycles. The Morgan fingerprint density at radius 3 is 2.80 bits per heavy atom. The molecule has 2 rings (SSSR count). The minimum Gasteiger partial charge on any atom is -0.368 e. The standard InChI is InChI=1S/C15H30N4O/c1-15(17-2,14(16)20)7-10-19-9-6-13-12(11-19)5-4-8-18(13)3/h12-13,17H,4-11H2,1-3H3,(H2,16,20). The SMILES string of the molecule is CNC(C)(CCN1CCC2C(CCCN2C)C1)C(N)=O. The monoisotopic (exact) mass is 282 g/mol. The lowest BCUT2D eigenvalue weighted by Gasteiger charge is -2.46. The fourth-order valence-electron chi connectivity index (χ4n) is 3.68. The van der Waals surface area contributed by atoms with Gasteiger partial charge in [-0.25, -0.2) is 0 Å². The van der Waals surface area contributed by atoms with Crippen molar-refractivity contribution in [2.24, 2.45) is 11.7 Å². The van der Waals surface area contributed by atoms with E-state index >= 15 is 0 Å². The molecular formula is C15H30N4O. The highest BCUT2D eigenvalue weighted by Crippen LogP contribution is 2.29. The van der Waals surface area contributed by atoms with E-state index in [4.69, 9.17) is 5.73 Å². The summed E-state index contributed by atoms with van der Waals surface area (Å²) in [5, 5.41) is 3.07. The number of primary amides is 1. The van der Waals surface area contributed by atoms with Crippen molar-refractivity contribution in [2.45, 2.75) is 44.2 Å². The molecule has 5 heteroatoms. The normalized spacial score (nSPS) is 31.6. The lowest BCUT2D eigenvalue weighted by atomic mass is 9.84. The highest BCUT2D eigenvalue weighted by Gasteiger charge is 2.35. The zero-order valence-corrected chi connectivity index (χ0v) is 13.2. The van der Waals surface area contributed by atoms with Crippen LogP contribution in [0.25, 0.3) is 0 Å². The predicted octanol–water partition coefficient (Wildman–Crippen LogP) is 0.256. The first-order valence-corrected chi connectivity index (χ1v) is 7.87. The Kier molecular flexibility index (Phi) is 5.04. The number of nitrogens with one attached hydrogen (secondary N) is 1. The number of piperidine rings is 2. The molecule has 2 aliphatic rings. The Hall–Kier alpha value is -0.650. The van der Waals surface area contributed by atoms with Gasteiger partial charge in [-0.2, -0.15) is 0 Å². The van der Waals surface area contributed by atoms with Crippen LogP contribution in [0.15, 0.2) is 0 Å². The van der Waals surface area contributed by atoms with Crippen LogP contribution in [0.5, 0.6) is 0 Å². The second kappa shape index (κ2) is 6.41. The van der Waals surface area contributed by atoms with Crippen molar-refractivity contribution < 1.29 is 4.79 Å². The van der Waals surface area contributed by atoms with Crippen molar-refractivity contribution in [1.82, 2.24) is 15.1 Å². The van der Waals surface area contributed by atoms with E-state index in [-0.39, 0.29) is 5.91 Å². The number of carbonyl (C=O) groups is 1. The van der Waals surface area contributed by atoms with E-state index in [2.05, 4.69) is 22.2 Å². The smallest absolute Gasteiger partial charge is 0.237 e. The molecule has 3 atom stereocenters. The molecule has 3 unspecified atom stereocenters. The van der Waals surface area contributed by atoms with Gasteiger partial charge < -0.3 is 20.9 Å². The van der Waals surface area contributed by atoms with E-state index in [1.54, 1.807) is 0 Å². The number of hydrogen-bond acceptors (Lipinski definition) is 4. The lowest BCUT2D eigenvalue weighted by molar-refractivity contribution is -0.124. The lowest BCUT2D eigenvalue weighted by Crippen LogP contribution is -2.56. The largest absolute Gasteiger partial charge is 0.368 e. The van der Waals surface area contributed by atoms with Crippen molar-refractivity contribution in [3.05, 3.63) is 0 Å². The molecule has 0 aromatic carbocycles. The zero-order chi connectivity index (χ0) is 14.8. The van der Waals surface area contributed by atoms with Gasteiger partial charge in [0.1, 0.15) is 0 Å². The van der Waals surface area contributed by atoms with E-state index in [1.165, 1.54) is 32.4 Å². The fraction of sp³-hybridized carbons (Fsp3) is 0.933. The first kappa shape index (κ1) is 15.7. The average molecular weight is 282 g/mol. The zero-order valence-electron chi connectivity index (χ0n) is 13.2. The van der Waals surface area contributed by atoms with E-state index in [1.807, 2.05) is 14.0 Å². The minimum atomic E-state index is -0.583. The van der Waals surface area contributed by atoms with Crippen LogP contribution in [-0.2, 0) is 4.79 Å². The fourth-order valence-corrected chi connectivity index (χ4v) is 3.68. The molecule has 0 aromatic heterocycles. The van der Waals surface area contributed by atoms with Crippen molar-refractivity contribution in [3.8, 4) is 0 Å². The molecular weight excluding hydrogens is 252 g/mol. The molecule has 0 aromatic rings. The van der Waals surface area contributed by atoms with Crippen molar-refractivity contribution in [3.63, 3.8) is 0 Å². The maximum atomic E-state index is 11.5. The maximum absolute atomic E-state index is 11.5. The Bertz CT molecular complexity index is 349. The Morgan fingerprint density at radius 2 is 2.15 bits per heavy atom. The van der Waals surface area contributed by atoms with Gasteiger partial charge in [-0.15, -0.1) is 0 Å². The van der Waals surface area contributed by atoms with Crippen molar-refractivity contribution in [2.75, 3.05) is 40.3 Å². The number of nitrogens with two attached hydrogens (primary N) is 1. The molecule has 2 saturated heterocycles. The van der Waals surface area contributed by atoms with Gasteiger partial charge in [-0.05, 0) is 65.7 Å². The minimum absolute atomic E-state index is 0.257. The third-order valence-electron chi connectivity index (χ3n) is 5.45. The third kappa shape index (κ3) is 3.32. The summed E-state index contributed by atoms with van der Waals surface area (Å²) in [6, 6.07) is 0.770. The Balaban J connectivity index is 1.85. The van der Waals surface area contributed by atoms with Crippen LogP contribution in [0.2, 0.25) is 0 Å². The first-order valence-electron chi connectivity index (χ1n) is 7.87. The summed E-state index contributed by atoms with van der Waals surface area (Å²) in [6.45, 7) is 6.42. The van der Waals surface area contributed by atoms with E-state index in [0.717, 1.165) is 31.5 Å². The molecule has 3 N–H and O–H groups in total.